The van der Waals surface area contributed by atoms with E-state index in [1.165, 1.54) is 0 Å². The maximum absolute atomic E-state index is 5.68. The Morgan fingerprint density at radius 2 is 2.27 bits per heavy atom. The van der Waals surface area contributed by atoms with Gasteiger partial charge < -0.3 is 14.6 Å². The van der Waals surface area contributed by atoms with Crippen LogP contribution in [0.3, 0.4) is 0 Å². The molecule has 0 aromatic carbocycles. The van der Waals surface area contributed by atoms with E-state index in [0.29, 0.717) is 6.04 Å². The highest BCUT2D eigenvalue weighted by Crippen LogP contribution is 2.21. The summed E-state index contributed by atoms with van der Waals surface area (Å²) in [6.07, 6.45) is 0.0438. The molecule has 2 heterocycles. The highest BCUT2D eigenvalue weighted by molar-refractivity contribution is 5.01. The zero-order valence-corrected chi connectivity index (χ0v) is 9.53. The van der Waals surface area contributed by atoms with Gasteiger partial charge in [0.25, 0.3) is 0 Å². The summed E-state index contributed by atoms with van der Waals surface area (Å²) >= 11 is 0. The van der Waals surface area contributed by atoms with Crippen molar-refractivity contribution in [1.29, 1.82) is 0 Å². The minimum Gasteiger partial charge on any atom is -0.368 e. The Labute approximate surface area is 89.8 Å². The van der Waals surface area contributed by atoms with Gasteiger partial charge in [-0.2, -0.15) is 0 Å². The number of hydrogen-bond acceptors (Lipinski definition) is 4. The summed E-state index contributed by atoms with van der Waals surface area (Å²) in [6.45, 7) is 8.74. The smallest absolute Gasteiger partial charge is 0.163 e. The van der Waals surface area contributed by atoms with E-state index in [4.69, 9.17) is 4.74 Å². The normalized spacial score (nSPS) is 22.3. The molecule has 84 valence electrons. The molecule has 1 saturated heterocycles. The third-order valence-electron chi connectivity index (χ3n) is 2.62. The molecule has 0 bridgehead atoms. The molecule has 1 aliphatic heterocycles. The van der Waals surface area contributed by atoms with Crippen LogP contribution in [-0.2, 0) is 4.74 Å². The largest absolute Gasteiger partial charge is 0.368 e. The van der Waals surface area contributed by atoms with Crippen LogP contribution < -0.4 is 5.32 Å². The Balaban J connectivity index is 2.26. The van der Waals surface area contributed by atoms with Gasteiger partial charge in [0, 0.05) is 19.1 Å². The van der Waals surface area contributed by atoms with Crippen molar-refractivity contribution in [2.75, 3.05) is 19.7 Å². The standard InChI is InChI=1S/C10H18N4O/c1-7(2)14-8(3)12-13-10(14)9-6-11-4-5-15-9/h7,9,11H,4-6H2,1-3H3. The molecule has 1 atom stereocenters. The van der Waals surface area contributed by atoms with E-state index >= 15 is 0 Å². The maximum atomic E-state index is 5.68. The monoisotopic (exact) mass is 210 g/mol. The van der Waals surface area contributed by atoms with Crippen molar-refractivity contribution in [3.05, 3.63) is 11.6 Å². The lowest BCUT2D eigenvalue weighted by Gasteiger charge is -2.24. The minimum atomic E-state index is 0.0438. The van der Waals surface area contributed by atoms with Crippen molar-refractivity contribution in [2.24, 2.45) is 0 Å². The fraction of sp³-hybridized carbons (Fsp3) is 0.800. The molecule has 1 aliphatic rings. The molecule has 0 amide bonds. The van der Waals surface area contributed by atoms with Gasteiger partial charge in [-0.1, -0.05) is 0 Å². The molecule has 0 aliphatic carbocycles. The number of rotatable bonds is 2. The third-order valence-corrected chi connectivity index (χ3v) is 2.62. The molecule has 0 saturated carbocycles. The van der Waals surface area contributed by atoms with Gasteiger partial charge in [0.2, 0.25) is 0 Å². The molecular formula is C10H18N4O. The van der Waals surface area contributed by atoms with Crippen molar-refractivity contribution >= 4 is 0 Å². The number of ether oxygens (including phenoxy) is 1. The van der Waals surface area contributed by atoms with E-state index in [2.05, 4.69) is 33.9 Å². The quantitative estimate of drug-likeness (QED) is 0.785. The van der Waals surface area contributed by atoms with Crippen molar-refractivity contribution in [3.63, 3.8) is 0 Å². The highest BCUT2D eigenvalue weighted by atomic mass is 16.5. The van der Waals surface area contributed by atoms with Gasteiger partial charge in [0.05, 0.1) is 6.61 Å². The highest BCUT2D eigenvalue weighted by Gasteiger charge is 2.23. The summed E-state index contributed by atoms with van der Waals surface area (Å²) in [4.78, 5) is 0. The molecule has 5 nitrogen and oxygen atoms in total. The summed E-state index contributed by atoms with van der Waals surface area (Å²) in [5.74, 6) is 1.89. The molecule has 1 fully saturated rings. The zero-order chi connectivity index (χ0) is 10.8. The lowest BCUT2D eigenvalue weighted by molar-refractivity contribution is 0.0191. The lowest BCUT2D eigenvalue weighted by atomic mass is 10.2. The van der Waals surface area contributed by atoms with Crippen LogP contribution in [0.5, 0.6) is 0 Å². The second kappa shape index (κ2) is 4.28. The first-order valence-corrected chi connectivity index (χ1v) is 5.44. The Morgan fingerprint density at radius 1 is 1.47 bits per heavy atom. The number of aryl methyl sites for hydroxylation is 1. The van der Waals surface area contributed by atoms with E-state index in [1.807, 2.05) is 6.92 Å². The van der Waals surface area contributed by atoms with E-state index in [9.17, 15) is 0 Å². The molecule has 0 spiro atoms. The summed E-state index contributed by atoms with van der Waals surface area (Å²) in [5, 5.41) is 11.6. The number of morpholine rings is 1. The zero-order valence-electron chi connectivity index (χ0n) is 9.53. The summed E-state index contributed by atoms with van der Waals surface area (Å²) < 4.78 is 7.82. The van der Waals surface area contributed by atoms with Crippen LogP contribution >= 0.6 is 0 Å². The van der Waals surface area contributed by atoms with E-state index in [1.54, 1.807) is 0 Å². The van der Waals surface area contributed by atoms with Crippen LogP contribution in [-0.4, -0.2) is 34.5 Å². The first-order chi connectivity index (χ1) is 7.20. The van der Waals surface area contributed by atoms with Crippen molar-refractivity contribution in [3.8, 4) is 0 Å². The molecule has 2 rings (SSSR count). The van der Waals surface area contributed by atoms with Crippen LogP contribution in [0.1, 0.15) is 37.6 Å². The Morgan fingerprint density at radius 3 is 2.87 bits per heavy atom. The fourth-order valence-electron chi connectivity index (χ4n) is 1.97. The van der Waals surface area contributed by atoms with E-state index in [0.717, 1.165) is 31.3 Å². The van der Waals surface area contributed by atoms with Gasteiger partial charge in [-0.3, -0.25) is 0 Å². The second-order valence-corrected chi connectivity index (χ2v) is 4.13. The number of nitrogens with one attached hydrogen (secondary N) is 1. The van der Waals surface area contributed by atoms with E-state index < -0.39 is 0 Å². The third kappa shape index (κ3) is 2.03. The number of nitrogens with zero attached hydrogens (tertiary/aromatic N) is 3. The van der Waals surface area contributed by atoms with Crippen molar-refractivity contribution in [1.82, 2.24) is 20.1 Å². The summed E-state index contributed by atoms with van der Waals surface area (Å²) in [6, 6.07) is 0.375. The van der Waals surface area contributed by atoms with Gasteiger partial charge in [0.1, 0.15) is 11.9 Å². The number of aromatic nitrogens is 3. The molecule has 15 heavy (non-hydrogen) atoms. The average molecular weight is 210 g/mol. The molecule has 1 N–H and O–H groups in total. The van der Waals surface area contributed by atoms with Gasteiger partial charge in [0.15, 0.2) is 5.82 Å². The first-order valence-electron chi connectivity index (χ1n) is 5.44. The number of hydrogen-bond donors (Lipinski definition) is 1. The predicted octanol–water partition coefficient (Wildman–Crippen LogP) is 0.828. The second-order valence-electron chi connectivity index (χ2n) is 4.13. The van der Waals surface area contributed by atoms with Crippen LogP contribution in [0.15, 0.2) is 0 Å². The summed E-state index contributed by atoms with van der Waals surface area (Å²) in [5.41, 5.74) is 0. The molecule has 1 aromatic heterocycles. The topological polar surface area (TPSA) is 52.0 Å². The summed E-state index contributed by atoms with van der Waals surface area (Å²) in [7, 11) is 0. The van der Waals surface area contributed by atoms with Crippen molar-refractivity contribution in [2.45, 2.75) is 32.9 Å². The molecule has 0 radical (unpaired) electrons. The van der Waals surface area contributed by atoms with Crippen LogP contribution in [0.2, 0.25) is 0 Å². The Bertz CT molecular complexity index is 328. The van der Waals surface area contributed by atoms with Crippen molar-refractivity contribution < 1.29 is 4.74 Å². The van der Waals surface area contributed by atoms with Gasteiger partial charge >= 0.3 is 0 Å². The SMILES string of the molecule is Cc1nnc(C2CNCCO2)n1C(C)C. The first kappa shape index (κ1) is 10.6. The van der Waals surface area contributed by atoms with Crippen LogP contribution in [0.25, 0.3) is 0 Å². The predicted molar refractivity (Wildman–Crippen MR) is 56.7 cm³/mol. The molecule has 1 aromatic rings. The van der Waals surface area contributed by atoms with Gasteiger partial charge in [-0.15, -0.1) is 10.2 Å². The Kier molecular flexibility index (Phi) is 3.02. The van der Waals surface area contributed by atoms with E-state index in [-0.39, 0.29) is 6.10 Å². The van der Waals surface area contributed by atoms with Gasteiger partial charge in [-0.25, -0.2) is 0 Å². The molecular weight excluding hydrogens is 192 g/mol. The average Bonchev–Trinajstić information content (AvgIpc) is 2.61. The van der Waals surface area contributed by atoms with Crippen LogP contribution in [0, 0.1) is 6.92 Å². The fourth-order valence-corrected chi connectivity index (χ4v) is 1.97. The molecule has 1 unspecified atom stereocenters. The van der Waals surface area contributed by atoms with Gasteiger partial charge in [-0.05, 0) is 20.8 Å². The lowest BCUT2D eigenvalue weighted by Crippen LogP contribution is -2.35. The molecule has 5 heteroatoms. The Hall–Kier alpha value is -0.940. The minimum absolute atomic E-state index is 0.0438. The van der Waals surface area contributed by atoms with Crippen LogP contribution in [0.4, 0.5) is 0 Å². The maximum Gasteiger partial charge on any atom is 0.163 e.